The molecule has 11 heteroatoms. The number of nitrogens with zero attached hydrogens (tertiary/aromatic N) is 4. The van der Waals surface area contributed by atoms with E-state index in [9.17, 15) is 19.0 Å². The van der Waals surface area contributed by atoms with Crippen molar-refractivity contribution in [2.75, 3.05) is 36.5 Å². The molecule has 3 aromatic rings. The molecule has 1 unspecified atom stereocenters. The number of piperidine rings is 1. The number of benzene rings is 1. The van der Waals surface area contributed by atoms with E-state index in [1.807, 2.05) is 0 Å². The second-order valence-corrected chi connectivity index (χ2v) is 10.1. The van der Waals surface area contributed by atoms with Gasteiger partial charge in [0.1, 0.15) is 23.5 Å². The zero-order valence-electron chi connectivity index (χ0n) is 20.8. The summed E-state index contributed by atoms with van der Waals surface area (Å²) in [7, 11) is 0. The van der Waals surface area contributed by atoms with Gasteiger partial charge in [-0.25, -0.2) is 18.7 Å². The first-order valence-corrected chi connectivity index (χ1v) is 12.5. The first kappa shape index (κ1) is 25.5. The maximum atomic E-state index is 14.1. The van der Waals surface area contributed by atoms with Gasteiger partial charge in [-0.2, -0.15) is 0 Å². The molecule has 1 aromatic carbocycles. The van der Waals surface area contributed by atoms with Crippen LogP contribution in [0.2, 0.25) is 0 Å². The number of aliphatic hydroxyl groups is 2. The van der Waals surface area contributed by atoms with Crippen LogP contribution in [0.1, 0.15) is 44.9 Å². The van der Waals surface area contributed by atoms with Crippen molar-refractivity contribution in [2.24, 2.45) is 0 Å². The van der Waals surface area contributed by atoms with E-state index < -0.39 is 23.3 Å². The maximum Gasteiger partial charge on any atom is 0.172 e. The van der Waals surface area contributed by atoms with Gasteiger partial charge in [0.15, 0.2) is 23.2 Å². The Morgan fingerprint density at radius 2 is 1.92 bits per heavy atom. The number of rotatable bonds is 7. The van der Waals surface area contributed by atoms with Gasteiger partial charge in [-0.15, -0.1) is 0 Å². The summed E-state index contributed by atoms with van der Waals surface area (Å²) in [6.07, 6.45) is 2.22. The van der Waals surface area contributed by atoms with E-state index in [4.69, 9.17) is 19.4 Å². The monoisotopic (exact) mass is 515 g/mol. The molecule has 0 bridgehead atoms. The highest BCUT2D eigenvalue weighted by atomic mass is 19.1. The third-order valence-corrected chi connectivity index (χ3v) is 6.70. The molecule has 4 heterocycles. The van der Waals surface area contributed by atoms with Crippen molar-refractivity contribution >= 4 is 22.7 Å². The van der Waals surface area contributed by atoms with Crippen LogP contribution in [0.4, 0.5) is 20.4 Å². The molecule has 2 fully saturated rings. The topological polar surface area (TPSA) is 113 Å². The number of anilines is 2. The van der Waals surface area contributed by atoms with Crippen LogP contribution in [0.5, 0.6) is 5.75 Å². The van der Waals surface area contributed by atoms with Gasteiger partial charge in [-0.05, 0) is 38.5 Å². The Hall–Kier alpha value is -3.15. The van der Waals surface area contributed by atoms with E-state index >= 15 is 0 Å². The van der Waals surface area contributed by atoms with Crippen molar-refractivity contribution in [1.29, 1.82) is 0 Å². The zero-order chi connectivity index (χ0) is 26.2. The quantitative estimate of drug-likeness (QED) is 0.436. The van der Waals surface area contributed by atoms with Crippen molar-refractivity contribution in [3.8, 4) is 5.75 Å². The average Bonchev–Trinajstić information content (AvgIpc) is 3.38. The van der Waals surface area contributed by atoms with Crippen molar-refractivity contribution in [3.63, 3.8) is 0 Å². The van der Waals surface area contributed by atoms with Crippen LogP contribution >= 0.6 is 0 Å². The van der Waals surface area contributed by atoms with Crippen LogP contribution in [-0.2, 0) is 4.74 Å². The summed E-state index contributed by atoms with van der Waals surface area (Å²) in [5.41, 5.74) is 0.0380. The second-order valence-electron chi connectivity index (χ2n) is 10.1. The predicted molar refractivity (Wildman–Crippen MR) is 134 cm³/mol. The van der Waals surface area contributed by atoms with Crippen molar-refractivity contribution in [2.45, 2.75) is 57.0 Å². The highest BCUT2D eigenvalue weighted by Crippen LogP contribution is 2.32. The Morgan fingerprint density at radius 1 is 1.14 bits per heavy atom. The Labute approximate surface area is 213 Å². The molecular formula is C26H31F2N5O4. The summed E-state index contributed by atoms with van der Waals surface area (Å²) >= 11 is 0. The highest BCUT2D eigenvalue weighted by Gasteiger charge is 2.29. The Balaban J connectivity index is 1.39. The summed E-state index contributed by atoms with van der Waals surface area (Å²) in [6, 6.07) is 5.06. The van der Waals surface area contributed by atoms with Gasteiger partial charge >= 0.3 is 0 Å². The summed E-state index contributed by atoms with van der Waals surface area (Å²) in [6.45, 7) is 5.47. The van der Waals surface area contributed by atoms with Gasteiger partial charge in [0, 0.05) is 38.6 Å². The minimum Gasteiger partial charge on any atom is -0.487 e. The molecule has 37 heavy (non-hydrogen) atoms. The first-order chi connectivity index (χ1) is 17.7. The zero-order valence-corrected chi connectivity index (χ0v) is 20.8. The van der Waals surface area contributed by atoms with Crippen molar-refractivity contribution in [3.05, 3.63) is 47.8 Å². The predicted octanol–water partition coefficient (Wildman–Crippen LogP) is 3.36. The smallest absolute Gasteiger partial charge is 0.172 e. The first-order valence-electron chi connectivity index (χ1n) is 12.5. The van der Waals surface area contributed by atoms with Gasteiger partial charge in [-0.1, -0.05) is 0 Å². The van der Waals surface area contributed by atoms with Crippen molar-refractivity contribution in [1.82, 2.24) is 15.0 Å². The molecule has 2 saturated heterocycles. The largest absolute Gasteiger partial charge is 0.487 e. The van der Waals surface area contributed by atoms with Crippen LogP contribution in [0.3, 0.4) is 0 Å². The molecule has 0 saturated carbocycles. The molecule has 9 nitrogen and oxygen atoms in total. The Morgan fingerprint density at radius 3 is 2.59 bits per heavy atom. The number of hydrogen-bond donors (Lipinski definition) is 3. The fourth-order valence-corrected chi connectivity index (χ4v) is 4.57. The van der Waals surface area contributed by atoms with Gasteiger partial charge in [-0.3, -0.25) is 4.98 Å². The van der Waals surface area contributed by atoms with Gasteiger partial charge in [0.05, 0.1) is 35.7 Å². The van der Waals surface area contributed by atoms with Gasteiger partial charge in [0.2, 0.25) is 0 Å². The van der Waals surface area contributed by atoms with Crippen LogP contribution < -0.4 is 15.0 Å². The molecule has 5 rings (SSSR count). The lowest BCUT2D eigenvalue weighted by molar-refractivity contribution is -0.0516. The molecule has 2 aliphatic rings. The minimum atomic E-state index is -1.37. The SMILES string of the molecule is CC(C)(O)C(O)c1cc2nc(N3CCC(Oc4ccc(F)cc4F)CC3)c(N[C@@H]3CCOC3)nc2cn1. The number of ether oxygens (including phenoxy) is 2. The molecular weight excluding hydrogens is 484 g/mol. The highest BCUT2D eigenvalue weighted by molar-refractivity contribution is 5.80. The van der Waals surface area contributed by atoms with E-state index in [1.165, 1.54) is 26.0 Å². The molecule has 2 aliphatic heterocycles. The Bertz CT molecular complexity index is 1260. The molecule has 0 spiro atoms. The van der Waals surface area contributed by atoms with E-state index in [-0.39, 0.29) is 17.9 Å². The maximum absolute atomic E-state index is 14.1. The van der Waals surface area contributed by atoms with E-state index in [2.05, 4.69) is 15.2 Å². The summed E-state index contributed by atoms with van der Waals surface area (Å²) < 4.78 is 38.6. The summed E-state index contributed by atoms with van der Waals surface area (Å²) in [5, 5.41) is 24.2. The van der Waals surface area contributed by atoms with E-state index in [0.29, 0.717) is 67.5 Å². The number of pyridine rings is 1. The van der Waals surface area contributed by atoms with Crippen LogP contribution in [0, 0.1) is 11.6 Å². The number of hydrogen-bond acceptors (Lipinski definition) is 9. The third kappa shape index (κ3) is 5.73. The average molecular weight is 516 g/mol. The van der Waals surface area contributed by atoms with E-state index in [1.54, 1.807) is 12.3 Å². The molecule has 2 aromatic heterocycles. The van der Waals surface area contributed by atoms with Crippen molar-refractivity contribution < 1.29 is 28.5 Å². The molecule has 198 valence electrons. The lowest BCUT2D eigenvalue weighted by Gasteiger charge is -2.34. The van der Waals surface area contributed by atoms with Gasteiger partial charge in [0.25, 0.3) is 0 Å². The second kappa shape index (κ2) is 10.3. The molecule has 0 amide bonds. The normalized spacial score (nSPS) is 19.8. The standard InChI is InChI=1S/C26H31F2N5O4/c1-26(2,35)23(34)20-12-19-21(13-29-20)31-24(30-16-7-10-36-14-16)25(32-19)33-8-5-17(6-9-33)37-22-4-3-15(27)11-18(22)28/h3-4,11-13,16-17,23,34-35H,5-10,14H2,1-2H3,(H,30,31)/t16-,23?/m1/s1. The van der Waals surface area contributed by atoms with Crippen LogP contribution in [0.25, 0.3) is 11.0 Å². The number of aliphatic hydroxyl groups excluding tert-OH is 1. The molecule has 0 aliphatic carbocycles. The fourth-order valence-electron chi connectivity index (χ4n) is 4.57. The third-order valence-electron chi connectivity index (χ3n) is 6.70. The number of aromatic nitrogens is 3. The summed E-state index contributed by atoms with van der Waals surface area (Å²) in [4.78, 5) is 16.1. The minimum absolute atomic E-state index is 0.0410. The molecule has 3 N–H and O–H groups in total. The Kier molecular flexibility index (Phi) is 7.11. The van der Waals surface area contributed by atoms with Gasteiger partial charge < -0.3 is 29.9 Å². The lowest BCUT2D eigenvalue weighted by Crippen LogP contribution is -2.39. The number of fused-ring (bicyclic) bond motifs is 1. The number of halogens is 2. The molecule has 0 radical (unpaired) electrons. The number of nitrogens with one attached hydrogen (secondary N) is 1. The van der Waals surface area contributed by atoms with Crippen LogP contribution in [-0.4, -0.2) is 69.2 Å². The fraction of sp³-hybridized carbons (Fsp3) is 0.500. The summed E-state index contributed by atoms with van der Waals surface area (Å²) in [5.74, 6) is -0.0500. The lowest BCUT2D eigenvalue weighted by atomic mass is 9.98. The molecule has 2 atom stereocenters. The van der Waals surface area contributed by atoms with E-state index in [0.717, 1.165) is 12.5 Å². The van der Waals surface area contributed by atoms with Crippen LogP contribution in [0.15, 0.2) is 30.5 Å².